The molecule has 0 radical (unpaired) electrons. The number of hydrogen-bond acceptors (Lipinski definition) is 1. The maximum Gasteiger partial charge on any atom is -0.0140 e. The van der Waals surface area contributed by atoms with Gasteiger partial charge in [0.15, 0.2) is 0 Å². The average Bonchev–Trinajstić information content (AvgIpc) is 2.12. The second-order valence-corrected chi connectivity index (χ2v) is 5.10. The minimum atomic E-state index is 0.702. The predicted octanol–water partition coefficient (Wildman–Crippen LogP) is 4.25. The van der Waals surface area contributed by atoms with Crippen LogP contribution in [0.1, 0.15) is 33.6 Å². The third kappa shape index (κ3) is 2.19. The lowest BCUT2D eigenvalue weighted by Crippen LogP contribution is -2.18. The largest absolute Gasteiger partial charge is 0.134 e. The molecule has 0 N–H and O–H groups in total. The van der Waals surface area contributed by atoms with Crippen molar-refractivity contribution in [2.45, 2.75) is 33.6 Å². The maximum absolute atomic E-state index is 4.18. The summed E-state index contributed by atoms with van der Waals surface area (Å²) >= 11 is 1.86. The van der Waals surface area contributed by atoms with E-state index in [9.17, 15) is 0 Å². The number of hydrogen-bond donors (Lipinski definition) is 0. The van der Waals surface area contributed by atoms with Crippen molar-refractivity contribution in [1.29, 1.82) is 0 Å². The second kappa shape index (κ2) is 4.36. The van der Waals surface area contributed by atoms with Crippen molar-refractivity contribution in [3.63, 3.8) is 0 Å². The van der Waals surface area contributed by atoms with Gasteiger partial charge in [-0.3, -0.25) is 0 Å². The number of thioether (sulfide) groups is 1. The van der Waals surface area contributed by atoms with Gasteiger partial charge in [-0.2, -0.15) is 0 Å². The normalized spacial score (nSPS) is 33.4. The Balaban J connectivity index is 2.97. The van der Waals surface area contributed by atoms with Crippen LogP contribution in [0.5, 0.6) is 0 Å². The summed E-state index contributed by atoms with van der Waals surface area (Å²) in [5, 5.41) is 0. The van der Waals surface area contributed by atoms with Gasteiger partial charge in [0.1, 0.15) is 0 Å². The van der Waals surface area contributed by atoms with Gasteiger partial charge in [-0.05, 0) is 48.3 Å². The monoisotopic (exact) mass is 196 g/mol. The van der Waals surface area contributed by atoms with Crippen LogP contribution in [0.2, 0.25) is 0 Å². The van der Waals surface area contributed by atoms with Crippen molar-refractivity contribution in [3.8, 4) is 0 Å². The van der Waals surface area contributed by atoms with Gasteiger partial charge in [-0.1, -0.05) is 26.0 Å². The zero-order chi connectivity index (χ0) is 10.0. The highest BCUT2D eigenvalue weighted by Gasteiger charge is 2.25. The minimum Gasteiger partial charge on any atom is -0.134 e. The summed E-state index contributed by atoms with van der Waals surface area (Å²) in [5.41, 5.74) is 2.91. The van der Waals surface area contributed by atoms with Gasteiger partial charge in [0.25, 0.3) is 0 Å². The molecule has 0 saturated heterocycles. The first kappa shape index (κ1) is 10.9. The summed E-state index contributed by atoms with van der Waals surface area (Å²) in [6.45, 7) is 11.1. The molecule has 0 amide bonds. The second-order valence-electron chi connectivity index (χ2n) is 4.08. The van der Waals surface area contributed by atoms with E-state index in [1.807, 2.05) is 11.8 Å². The fraction of sp³-hybridized carbons (Fsp3) is 0.667. The summed E-state index contributed by atoms with van der Waals surface area (Å²) in [5.74, 6) is 1.52. The molecule has 0 aromatic carbocycles. The Labute approximate surface area is 86.5 Å². The van der Waals surface area contributed by atoms with E-state index in [1.54, 1.807) is 0 Å². The topological polar surface area (TPSA) is 0 Å². The van der Waals surface area contributed by atoms with Gasteiger partial charge >= 0.3 is 0 Å². The van der Waals surface area contributed by atoms with Gasteiger partial charge in [-0.25, -0.2) is 0 Å². The molecular weight excluding hydrogens is 176 g/mol. The van der Waals surface area contributed by atoms with Crippen LogP contribution >= 0.6 is 11.8 Å². The lowest BCUT2D eigenvalue weighted by molar-refractivity contribution is 0.384. The summed E-state index contributed by atoms with van der Waals surface area (Å²) in [7, 11) is 0. The molecule has 1 heteroatoms. The van der Waals surface area contributed by atoms with Crippen molar-refractivity contribution in [2.24, 2.45) is 11.8 Å². The lowest BCUT2D eigenvalue weighted by Gasteiger charge is -2.31. The molecule has 0 aliphatic heterocycles. The van der Waals surface area contributed by atoms with Gasteiger partial charge in [0.2, 0.25) is 0 Å². The Morgan fingerprint density at radius 1 is 1.46 bits per heavy atom. The van der Waals surface area contributed by atoms with Gasteiger partial charge in [-0.15, -0.1) is 11.8 Å². The van der Waals surface area contributed by atoms with E-state index in [2.05, 4.69) is 33.6 Å². The van der Waals surface area contributed by atoms with Crippen molar-refractivity contribution in [2.75, 3.05) is 6.26 Å². The van der Waals surface area contributed by atoms with Crippen LogP contribution in [0.15, 0.2) is 22.6 Å². The maximum atomic E-state index is 4.18. The number of rotatable bonds is 1. The zero-order valence-electron chi connectivity index (χ0n) is 9.18. The third-order valence-electron chi connectivity index (χ3n) is 3.28. The molecule has 1 fully saturated rings. The molecule has 2 unspecified atom stereocenters. The molecule has 0 aromatic heterocycles. The summed E-state index contributed by atoms with van der Waals surface area (Å²) in [6, 6.07) is 0. The van der Waals surface area contributed by atoms with Crippen molar-refractivity contribution >= 4 is 11.8 Å². The fourth-order valence-corrected chi connectivity index (χ4v) is 2.62. The Morgan fingerprint density at radius 2 is 2.08 bits per heavy atom. The predicted molar refractivity (Wildman–Crippen MR) is 62.9 cm³/mol. The highest BCUT2D eigenvalue weighted by atomic mass is 32.2. The van der Waals surface area contributed by atoms with E-state index >= 15 is 0 Å². The first-order valence-corrected chi connectivity index (χ1v) is 6.23. The van der Waals surface area contributed by atoms with Crippen LogP contribution in [0, 0.1) is 11.8 Å². The average molecular weight is 196 g/mol. The van der Waals surface area contributed by atoms with Crippen LogP contribution in [0.4, 0.5) is 0 Å². The molecule has 0 spiro atoms. The Kier molecular flexibility index (Phi) is 3.66. The first-order chi connectivity index (χ1) is 6.07. The summed E-state index contributed by atoms with van der Waals surface area (Å²) < 4.78 is 0. The smallest absolute Gasteiger partial charge is 0.0140 e. The molecule has 0 heterocycles. The molecule has 1 rings (SSSR count). The Bertz CT molecular complexity index is 238. The third-order valence-corrected chi connectivity index (χ3v) is 4.11. The Hall–Kier alpha value is -0.170. The molecule has 1 aliphatic rings. The molecule has 1 aliphatic carbocycles. The quantitative estimate of drug-likeness (QED) is 0.604. The summed E-state index contributed by atoms with van der Waals surface area (Å²) in [4.78, 5) is 1.46. The van der Waals surface area contributed by atoms with Gasteiger partial charge in [0.05, 0.1) is 0 Å². The standard InChI is InChI=1S/C12H20S/c1-8-6-7-9(2)12(10(8)3)11(4)13-5/h8,10H,2,6-7H2,1,3-5H3/b12-11-. The van der Waals surface area contributed by atoms with Crippen LogP contribution in [-0.4, -0.2) is 6.26 Å². The van der Waals surface area contributed by atoms with Crippen molar-refractivity contribution < 1.29 is 0 Å². The highest BCUT2D eigenvalue weighted by molar-refractivity contribution is 8.02. The van der Waals surface area contributed by atoms with E-state index in [0.29, 0.717) is 5.92 Å². The van der Waals surface area contributed by atoms with Crippen LogP contribution in [0.25, 0.3) is 0 Å². The van der Waals surface area contributed by atoms with E-state index in [1.165, 1.54) is 28.9 Å². The molecule has 0 bridgehead atoms. The van der Waals surface area contributed by atoms with Gasteiger partial charge < -0.3 is 0 Å². The fourth-order valence-electron chi connectivity index (χ4n) is 2.07. The molecule has 2 atom stereocenters. The molecule has 1 saturated carbocycles. The molecule has 13 heavy (non-hydrogen) atoms. The van der Waals surface area contributed by atoms with Crippen LogP contribution in [0.3, 0.4) is 0 Å². The van der Waals surface area contributed by atoms with Crippen molar-refractivity contribution in [3.05, 3.63) is 22.6 Å². The summed E-state index contributed by atoms with van der Waals surface area (Å²) in [6.07, 6.45) is 4.66. The molecule has 0 nitrogen and oxygen atoms in total. The van der Waals surface area contributed by atoms with E-state index in [0.717, 1.165) is 5.92 Å². The highest BCUT2D eigenvalue weighted by Crippen LogP contribution is 2.40. The molecule has 74 valence electrons. The van der Waals surface area contributed by atoms with E-state index < -0.39 is 0 Å². The van der Waals surface area contributed by atoms with Gasteiger partial charge in [0, 0.05) is 0 Å². The minimum absolute atomic E-state index is 0.702. The number of allylic oxidation sites excluding steroid dienone is 3. The van der Waals surface area contributed by atoms with Crippen LogP contribution in [-0.2, 0) is 0 Å². The van der Waals surface area contributed by atoms with Crippen molar-refractivity contribution in [1.82, 2.24) is 0 Å². The first-order valence-electron chi connectivity index (χ1n) is 5.00. The Morgan fingerprint density at radius 3 is 2.62 bits per heavy atom. The zero-order valence-corrected chi connectivity index (χ0v) is 10.0. The van der Waals surface area contributed by atoms with E-state index in [4.69, 9.17) is 0 Å². The SMILES string of the molecule is C=C1CCC(C)C(C)/C1=C(/C)SC. The molecule has 0 aromatic rings. The van der Waals surface area contributed by atoms with E-state index in [-0.39, 0.29) is 0 Å². The van der Waals surface area contributed by atoms with Crippen LogP contribution < -0.4 is 0 Å². The lowest BCUT2D eigenvalue weighted by atomic mass is 9.75. The molecular formula is C12H20S.